The van der Waals surface area contributed by atoms with Crippen LogP contribution >= 0.6 is 11.3 Å². The van der Waals surface area contributed by atoms with Crippen molar-refractivity contribution in [1.82, 2.24) is 9.21 Å². The Morgan fingerprint density at radius 2 is 1.66 bits per heavy atom. The van der Waals surface area contributed by atoms with Crippen molar-refractivity contribution in [3.05, 3.63) is 94.9 Å². The lowest BCUT2D eigenvalue weighted by Gasteiger charge is -2.34. The Balaban J connectivity index is 1.20. The second-order valence-electron chi connectivity index (χ2n) is 8.95. The summed E-state index contributed by atoms with van der Waals surface area (Å²) in [4.78, 5) is 26.8. The summed E-state index contributed by atoms with van der Waals surface area (Å²) in [6, 6.07) is 21.6. The van der Waals surface area contributed by atoms with Crippen LogP contribution in [0, 0.1) is 0 Å². The van der Waals surface area contributed by atoms with E-state index >= 15 is 0 Å². The maximum Gasteiger partial charge on any atom is 0.253 e. The first-order valence-electron chi connectivity index (χ1n) is 12.2. The van der Waals surface area contributed by atoms with Crippen LogP contribution < -0.4 is 10.5 Å². The summed E-state index contributed by atoms with van der Waals surface area (Å²) < 4.78 is 34.8. The minimum atomic E-state index is -3.64. The Bertz CT molecular complexity index is 1590. The average Bonchev–Trinajstić information content (AvgIpc) is 3.38. The number of thiophene rings is 1. The highest BCUT2D eigenvalue weighted by atomic mass is 32.2. The van der Waals surface area contributed by atoms with Crippen molar-refractivity contribution in [2.75, 3.05) is 32.8 Å². The number of sulfonamides is 1. The lowest BCUT2D eigenvalue weighted by atomic mass is 10.1. The molecule has 2 N–H and O–H groups in total. The van der Waals surface area contributed by atoms with Gasteiger partial charge in [0.1, 0.15) is 10.6 Å². The number of carbonyl (C=O) groups excluding carboxylic acids is 2. The van der Waals surface area contributed by atoms with Crippen LogP contribution in [-0.2, 0) is 16.4 Å². The molecule has 0 unspecified atom stereocenters. The summed E-state index contributed by atoms with van der Waals surface area (Å²) >= 11 is 1.42. The third kappa shape index (κ3) is 5.28. The van der Waals surface area contributed by atoms with Gasteiger partial charge in [-0.05, 0) is 35.9 Å². The van der Waals surface area contributed by atoms with E-state index in [-0.39, 0.29) is 19.0 Å². The number of amides is 2. The molecule has 0 aliphatic carbocycles. The van der Waals surface area contributed by atoms with E-state index in [1.165, 1.54) is 15.6 Å². The van der Waals surface area contributed by atoms with E-state index < -0.39 is 15.9 Å². The molecule has 4 aromatic rings. The molecule has 0 radical (unpaired) electrons. The first-order chi connectivity index (χ1) is 18.3. The van der Waals surface area contributed by atoms with Crippen molar-refractivity contribution in [3.63, 3.8) is 0 Å². The minimum Gasteiger partial charge on any atom is -0.492 e. The van der Waals surface area contributed by atoms with E-state index in [4.69, 9.17) is 10.5 Å². The van der Waals surface area contributed by atoms with Gasteiger partial charge < -0.3 is 15.4 Å². The second-order valence-corrected chi connectivity index (χ2v) is 11.8. The molecule has 1 aliphatic heterocycles. The van der Waals surface area contributed by atoms with E-state index in [0.29, 0.717) is 47.9 Å². The van der Waals surface area contributed by atoms with Gasteiger partial charge in [0.2, 0.25) is 10.0 Å². The first kappa shape index (κ1) is 25.9. The Hall–Kier alpha value is -3.73. The molecular formula is C28H27N3O5S2. The highest BCUT2D eigenvalue weighted by Crippen LogP contribution is 2.31. The predicted octanol–water partition coefficient (Wildman–Crippen LogP) is 3.77. The second kappa shape index (κ2) is 10.9. The fraction of sp³-hybridized carbons (Fsp3) is 0.214. The van der Waals surface area contributed by atoms with Crippen LogP contribution in [-0.4, -0.2) is 62.2 Å². The van der Waals surface area contributed by atoms with Crippen LogP contribution in [0.1, 0.15) is 26.3 Å². The zero-order valence-corrected chi connectivity index (χ0v) is 22.2. The van der Waals surface area contributed by atoms with Crippen LogP contribution in [0.3, 0.4) is 0 Å². The lowest BCUT2D eigenvalue weighted by molar-refractivity contribution is 0.0697. The molecule has 0 bridgehead atoms. The Morgan fingerprint density at radius 3 is 2.45 bits per heavy atom. The largest absolute Gasteiger partial charge is 0.492 e. The van der Waals surface area contributed by atoms with Crippen molar-refractivity contribution in [1.29, 1.82) is 0 Å². The lowest BCUT2D eigenvalue weighted by Crippen LogP contribution is -2.50. The van der Waals surface area contributed by atoms with Crippen LogP contribution in [0.15, 0.2) is 83.1 Å². The van der Waals surface area contributed by atoms with Gasteiger partial charge >= 0.3 is 0 Å². The van der Waals surface area contributed by atoms with Crippen molar-refractivity contribution >= 4 is 43.3 Å². The highest BCUT2D eigenvalue weighted by Gasteiger charge is 2.32. The monoisotopic (exact) mass is 549 g/mol. The van der Waals surface area contributed by atoms with E-state index in [9.17, 15) is 18.0 Å². The molecule has 2 amide bonds. The van der Waals surface area contributed by atoms with Crippen LogP contribution in [0.25, 0.3) is 10.1 Å². The van der Waals surface area contributed by atoms with Crippen LogP contribution in [0.4, 0.5) is 0 Å². The zero-order chi connectivity index (χ0) is 26.7. The van der Waals surface area contributed by atoms with Crippen LogP contribution in [0.2, 0.25) is 0 Å². The number of nitrogens with two attached hydrogens (primary N) is 1. The molecule has 0 spiro atoms. The molecular weight excluding hydrogens is 522 g/mol. The zero-order valence-electron chi connectivity index (χ0n) is 20.6. The Morgan fingerprint density at radius 1 is 0.921 bits per heavy atom. The number of benzene rings is 3. The molecule has 10 heteroatoms. The van der Waals surface area contributed by atoms with Crippen molar-refractivity contribution in [2.45, 2.75) is 11.3 Å². The van der Waals surface area contributed by atoms with E-state index in [1.807, 2.05) is 42.5 Å². The summed E-state index contributed by atoms with van der Waals surface area (Å²) in [5.74, 6) is -0.259. The molecule has 1 aliphatic rings. The normalized spacial score (nSPS) is 14.5. The maximum absolute atomic E-state index is 13.3. The predicted molar refractivity (Wildman–Crippen MR) is 147 cm³/mol. The quantitative estimate of drug-likeness (QED) is 0.360. The van der Waals surface area contributed by atoms with E-state index in [2.05, 4.69) is 0 Å². The molecule has 1 saturated heterocycles. The van der Waals surface area contributed by atoms with Gasteiger partial charge in [0.05, 0.1) is 12.2 Å². The van der Waals surface area contributed by atoms with E-state index in [1.54, 1.807) is 40.6 Å². The molecule has 2 heterocycles. The molecule has 0 saturated carbocycles. The smallest absolute Gasteiger partial charge is 0.253 e. The van der Waals surface area contributed by atoms with Gasteiger partial charge in [-0.1, -0.05) is 42.5 Å². The number of rotatable bonds is 8. The number of fused-ring (bicyclic) bond motifs is 1. The Kier molecular flexibility index (Phi) is 7.46. The number of hydrogen-bond donors (Lipinski definition) is 1. The molecule has 8 nitrogen and oxygen atoms in total. The molecule has 5 rings (SSSR count). The number of nitrogens with zero attached hydrogens (tertiary/aromatic N) is 2. The third-order valence-electron chi connectivity index (χ3n) is 6.56. The van der Waals surface area contributed by atoms with Crippen molar-refractivity contribution in [3.8, 4) is 5.75 Å². The van der Waals surface area contributed by atoms with Gasteiger partial charge in [0.15, 0.2) is 0 Å². The number of ether oxygens (including phenoxy) is 1. The number of hydrogen-bond acceptors (Lipinski definition) is 6. The molecule has 3 aromatic carbocycles. The van der Waals surface area contributed by atoms with Gasteiger partial charge in [-0.25, -0.2) is 8.42 Å². The number of piperazine rings is 1. The van der Waals surface area contributed by atoms with Gasteiger partial charge in [0, 0.05) is 53.6 Å². The summed E-state index contributed by atoms with van der Waals surface area (Å²) in [7, 11) is -3.64. The summed E-state index contributed by atoms with van der Waals surface area (Å²) in [5, 5.41) is 2.43. The highest BCUT2D eigenvalue weighted by molar-refractivity contribution is 7.89. The molecule has 1 fully saturated rings. The third-order valence-corrected chi connectivity index (χ3v) is 9.62. The Labute approximate surface area is 225 Å². The summed E-state index contributed by atoms with van der Waals surface area (Å²) in [6.45, 7) is 1.43. The number of carbonyl (C=O) groups is 2. The summed E-state index contributed by atoms with van der Waals surface area (Å²) in [6.07, 6.45) is 0.537. The number of primary amides is 1. The molecule has 0 atom stereocenters. The average molecular weight is 550 g/mol. The molecule has 38 heavy (non-hydrogen) atoms. The fourth-order valence-corrected chi connectivity index (χ4v) is 7.44. The molecule has 196 valence electrons. The fourth-order valence-electron chi connectivity index (χ4n) is 4.54. The first-order valence-corrected chi connectivity index (χ1v) is 14.5. The maximum atomic E-state index is 13.3. The van der Waals surface area contributed by atoms with Crippen molar-refractivity contribution < 1.29 is 22.7 Å². The van der Waals surface area contributed by atoms with Crippen LogP contribution in [0.5, 0.6) is 5.75 Å². The van der Waals surface area contributed by atoms with Gasteiger partial charge in [-0.3, -0.25) is 9.59 Å². The minimum absolute atomic E-state index is 0.134. The number of para-hydroxylation sites is 1. The standard InChI is InChI=1S/C28H27N3O5S2/c29-27(32)22-8-1-3-10-24(22)36-17-12-20-6-5-7-21(18-20)28(33)30-13-15-31(16-14-30)38(34,35)26-19-37-25-11-4-2-9-23(25)26/h1-11,18-19H,12-17H2,(H2,29,32). The van der Waals surface area contributed by atoms with Gasteiger partial charge in [-0.15, -0.1) is 11.3 Å². The van der Waals surface area contributed by atoms with Gasteiger partial charge in [-0.2, -0.15) is 4.31 Å². The molecule has 1 aromatic heterocycles. The SMILES string of the molecule is NC(=O)c1ccccc1OCCc1cccc(C(=O)N2CCN(S(=O)(=O)c3csc4ccccc34)CC2)c1. The van der Waals surface area contributed by atoms with E-state index in [0.717, 1.165) is 15.6 Å². The van der Waals surface area contributed by atoms with Gasteiger partial charge in [0.25, 0.3) is 11.8 Å². The summed E-state index contributed by atoms with van der Waals surface area (Å²) in [5.41, 5.74) is 7.18. The topological polar surface area (TPSA) is 110 Å². The van der Waals surface area contributed by atoms with Crippen molar-refractivity contribution in [2.24, 2.45) is 5.73 Å².